The third-order valence-electron chi connectivity index (χ3n) is 5.41. The van der Waals surface area contributed by atoms with Crippen molar-refractivity contribution in [1.82, 2.24) is 9.29 Å². The van der Waals surface area contributed by atoms with Crippen LogP contribution in [0.15, 0.2) is 18.2 Å². The molecule has 0 radical (unpaired) electrons. The lowest BCUT2D eigenvalue weighted by Gasteiger charge is -2.29. The minimum Gasteiger partial charge on any atom is -0.497 e. The molecule has 2 aliphatic rings. The Bertz CT molecular complexity index is 1000. The summed E-state index contributed by atoms with van der Waals surface area (Å²) in [5.74, 6) is 0.498. The number of rotatable bonds is 6. The average molecular weight is 440 g/mol. The molecule has 2 aromatic rings. The number of aromatic nitrogens is 1. The largest absolute Gasteiger partial charge is 0.497 e. The van der Waals surface area contributed by atoms with E-state index in [-0.39, 0.29) is 12.0 Å². The number of sulfonamides is 1. The molecule has 158 valence electrons. The van der Waals surface area contributed by atoms with E-state index in [0.29, 0.717) is 37.7 Å². The predicted molar refractivity (Wildman–Crippen MR) is 112 cm³/mol. The average Bonchev–Trinajstić information content (AvgIpc) is 3.44. The fourth-order valence-corrected chi connectivity index (χ4v) is 6.08. The van der Waals surface area contributed by atoms with Crippen LogP contribution in [-0.4, -0.2) is 68.8 Å². The summed E-state index contributed by atoms with van der Waals surface area (Å²) < 4.78 is 37.6. The number of amides is 1. The molecule has 1 aromatic carbocycles. The van der Waals surface area contributed by atoms with Crippen molar-refractivity contribution < 1.29 is 22.7 Å². The zero-order valence-electron chi connectivity index (χ0n) is 16.5. The lowest BCUT2D eigenvalue weighted by atomic mass is 10.2. The second-order valence-electron chi connectivity index (χ2n) is 7.45. The molecule has 2 atom stereocenters. The summed E-state index contributed by atoms with van der Waals surface area (Å²) in [6.07, 6.45) is 4.13. The molecule has 2 fully saturated rings. The Hall–Kier alpha value is -1.75. The van der Waals surface area contributed by atoms with E-state index < -0.39 is 16.1 Å². The van der Waals surface area contributed by atoms with E-state index in [1.165, 1.54) is 15.6 Å². The van der Waals surface area contributed by atoms with Gasteiger partial charge in [0.15, 0.2) is 5.13 Å². The van der Waals surface area contributed by atoms with Gasteiger partial charge < -0.3 is 9.47 Å². The van der Waals surface area contributed by atoms with Crippen molar-refractivity contribution >= 4 is 42.6 Å². The molecule has 0 unspecified atom stereocenters. The zero-order chi connectivity index (χ0) is 20.6. The van der Waals surface area contributed by atoms with Gasteiger partial charge in [-0.1, -0.05) is 11.3 Å². The van der Waals surface area contributed by atoms with Gasteiger partial charge in [0.2, 0.25) is 15.9 Å². The van der Waals surface area contributed by atoms with Crippen molar-refractivity contribution in [2.75, 3.05) is 38.0 Å². The maximum Gasteiger partial charge on any atom is 0.247 e. The zero-order valence-corrected chi connectivity index (χ0v) is 18.2. The van der Waals surface area contributed by atoms with Crippen molar-refractivity contribution in [3.8, 4) is 5.75 Å². The number of methoxy groups -OCH3 is 1. The first-order valence-corrected chi connectivity index (χ1v) is 12.4. The van der Waals surface area contributed by atoms with Crippen molar-refractivity contribution in [2.24, 2.45) is 0 Å². The van der Waals surface area contributed by atoms with Gasteiger partial charge in [-0.25, -0.2) is 13.4 Å². The standard InChI is InChI=1S/C19H25N3O5S2/c1-26-13-7-8-15-17(11-13)28-19(20-15)21(12-14-5-4-10-27-14)18(23)16-6-3-9-22(16)29(2,24)25/h7-8,11,14,16H,3-6,9-10,12H2,1-2H3/t14-,16-/m1/s1. The van der Waals surface area contributed by atoms with Gasteiger partial charge in [-0.3, -0.25) is 9.69 Å². The number of hydrogen-bond donors (Lipinski definition) is 0. The lowest BCUT2D eigenvalue weighted by molar-refractivity contribution is -0.122. The van der Waals surface area contributed by atoms with Crippen molar-refractivity contribution in [2.45, 2.75) is 37.8 Å². The van der Waals surface area contributed by atoms with Gasteiger partial charge in [0.1, 0.15) is 11.8 Å². The van der Waals surface area contributed by atoms with Crippen LogP contribution in [-0.2, 0) is 19.6 Å². The molecule has 0 aliphatic carbocycles. The summed E-state index contributed by atoms with van der Waals surface area (Å²) >= 11 is 1.40. The number of carbonyl (C=O) groups excluding carboxylic acids is 1. The highest BCUT2D eigenvalue weighted by atomic mass is 32.2. The molecular weight excluding hydrogens is 414 g/mol. The molecule has 0 bridgehead atoms. The van der Waals surface area contributed by atoms with Crippen LogP contribution < -0.4 is 9.64 Å². The van der Waals surface area contributed by atoms with Crippen LogP contribution in [0.1, 0.15) is 25.7 Å². The molecule has 1 amide bonds. The molecule has 8 nitrogen and oxygen atoms in total. The summed E-state index contributed by atoms with van der Waals surface area (Å²) in [7, 11) is -1.84. The van der Waals surface area contributed by atoms with Gasteiger partial charge in [-0.05, 0) is 43.9 Å². The number of hydrogen-bond acceptors (Lipinski definition) is 7. The molecule has 1 aromatic heterocycles. The Morgan fingerprint density at radius 1 is 1.38 bits per heavy atom. The topological polar surface area (TPSA) is 89.0 Å². The van der Waals surface area contributed by atoms with Crippen LogP contribution in [0.5, 0.6) is 5.75 Å². The highest BCUT2D eigenvalue weighted by Gasteiger charge is 2.40. The number of ether oxygens (including phenoxy) is 2. The Morgan fingerprint density at radius 2 is 2.21 bits per heavy atom. The molecule has 2 saturated heterocycles. The fourth-order valence-electron chi connectivity index (χ4n) is 3.95. The normalized spacial score (nSPS) is 23.0. The Morgan fingerprint density at radius 3 is 2.90 bits per heavy atom. The summed E-state index contributed by atoms with van der Waals surface area (Å²) in [4.78, 5) is 19.8. The van der Waals surface area contributed by atoms with E-state index in [2.05, 4.69) is 4.98 Å². The highest BCUT2D eigenvalue weighted by molar-refractivity contribution is 7.88. The van der Waals surface area contributed by atoms with Crippen LogP contribution in [0.2, 0.25) is 0 Å². The van der Waals surface area contributed by atoms with E-state index in [9.17, 15) is 13.2 Å². The summed E-state index contributed by atoms with van der Waals surface area (Å²) in [5, 5.41) is 0.564. The first-order chi connectivity index (χ1) is 13.9. The molecule has 0 N–H and O–H groups in total. The lowest BCUT2D eigenvalue weighted by Crippen LogP contribution is -2.49. The fraction of sp³-hybridized carbons (Fsp3) is 0.579. The molecule has 29 heavy (non-hydrogen) atoms. The second kappa shape index (κ2) is 8.17. The van der Waals surface area contributed by atoms with Gasteiger partial charge in [0, 0.05) is 13.2 Å². The predicted octanol–water partition coefficient (Wildman–Crippen LogP) is 2.24. The Balaban J connectivity index is 1.68. The molecule has 10 heteroatoms. The van der Waals surface area contributed by atoms with Crippen LogP contribution in [0.4, 0.5) is 5.13 Å². The van der Waals surface area contributed by atoms with Crippen LogP contribution in [0.3, 0.4) is 0 Å². The number of carbonyl (C=O) groups is 1. The molecule has 0 spiro atoms. The van der Waals surface area contributed by atoms with Crippen molar-refractivity contribution in [3.05, 3.63) is 18.2 Å². The Labute approximate surface area is 174 Å². The quantitative estimate of drug-likeness (QED) is 0.686. The highest BCUT2D eigenvalue weighted by Crippen LogP contribution is 2.34. The van der Waals surface area contributed by atoms with Crippen molar-refractivity contribution in [1.29, 1.82) is 0 Å². The third kappa shape index (κ3) is 4.25. The molecule has 0 saturated carbocycles. The Kier molecular flexibility index (Phi) is 5.78. The number of thiazole rings is 1. The minimum atomic E-state index is -3.45. The number of fused-ring (bicyclic) bond motifs is 1. The van der Waals surface area contributed by atoms with Gasteiger partial charge in [-0.15, -0.1) is 0 Å². The van der Waals surface area contributed by atoms with E-state index in [1.54, 1.807) is 12.0 Å². The third-order valence-corrected chi connectivity index (χ3v) is 7.74. The summed E-state index contributed by atoms with van der Waals surface area (Å²) in [6, 6.07) is 4.90. The van der Waals surface area contributed by atoms with E-state index >= 15 is 0 Å². The van der Waals surface area contributed by atoms with Gasteiger partial charge >= 0.3 is 0 Å². The molecule has 3 heterocycles. The first kappa shape index (κ1) is 20.5. The maximum absolute atomic E-state index is 13.5. The SMILES string of the molecule is COc1ccc2nc(N(C[C@H]3CCCO3)C(=O)[C@H]3CCCN3S(C)(=O)=O)sc2c1. The van der Waals surface area contributed by atoms with Crippen molar-refractivity contribution in [3.63, 3.8) is 0 Å². The number of benzene rings is 1. The maximum atomic E-state index is 13.5. The second-order valence-corrected chi connectivity index (χ2v) is 10.4. The first-order valence-electron chi connectivity index (χ1n) is 9.71. The van der Waals surface area contributed by atoms with E-state index in [4.69, 9.17) is 9.47 Å². The monoisotopic (exact) mass is 439 g/mol. The molecular formula is C19H25N3O5S2. The van der Waals surface area contributed by atoms with Crippen LogP contribution >= 0.6 is 11.3 Å². The number of nitrogens with zero attached hydrogens (tertiary/aromatic N) is 3. The number of anilines is 1. The molecule has 4 rings (SSSR count). The molecule has 2 aliphatic heterocycles. The van der Waals surface area contributed by atoms with E-state index in [0.717, 1.165) is 35.1 Å². The summed E-state index contributed by atoms with van der Waals surface area (Å²) in [5.41, 5.74) is 0.780. The van der Waals surface area contributed by atoms with E-state index in [1.807, 2.05) is 18.2 Å². The summed E-state index contributed by atoms with van der Waals surface area (Å²) in [6.45, 7) is 1.44. The van der Waals surface area contributed by atoms with Crippen LogP contribution in [0, 0.1) is 0 Å². The van der Waals surface area contributed by atoms with Gasteiger partial charge in [-0.2, -0.15) is 4.31 Å². The van der Waals surface area contributed by atoms with Gasteiger partial charge in [0.05, 0.1) is 36.2 Å². The van der Waals surface area contributed by atoms with Crippen LogP contribution in [0.25, 0.3) is 10.2 Å². The smallest absolute Gasteiger partial charge is 0.247 e. The van der Waals surface area contributed by atoms with Gasteiger partial charge in [0.25, 0.3) is 0 Å². The minimum absolute atomic E-state index is 0.0615.